The molecule has 0 amide bonds. The molecule has 0 saturated carbocycles. The highest BCUT2D eigenvalue weighted by Crippen LogP contribution is 2.36. The van der Waals surface area contributed by atoms with Gasteiger partial charge in [0.2, 0.25) is 0 Å². The summed E-state index contributed by atoms with van der Waals surface area (Å²) in [5.41, 5.74) is -0.294. The first kappa shape index (κ1) is 26.7. The zero-order valence-electron chi connectivity index (χ0n) is 20.6. The third kappa shape index (κ3) is 5.48. The molecular weight excluding hydrogens is 482 g/mol. The van der Waals surface area contributed by atoms with E-state index in [4.69, 9.17) is 28.4 Å². The van der Waals surface area contributed by atoms with Gasteiger partial charge in [0.25, 0.3) is 5.56 Å². The van der Waals surface area contributed by atoms with Gasteiger partial charge >= 0.3 is 29.9 Å². The Balaban J connectivity index is 2.20. The number of aromatic nitrogens is 3. The Bertz CT molecular complexity index is 1230. The average Bonchev–Trinajstić information content (AvgIpc) is 3.20. The third-order valence-corrected chi connectivity index (χ3v) is 5.33. The highest BCUT2D eigenvalue weighted by atomic mass is 16.7. The Kier molecular flexibility index (Phi) is 7.97. The Morgan fingerprint density at radius 1 is 0.944 bits per heavy atom. The van der Waals surface area contributed by atoms with Crippen LogP contribution in [0.1, 0.15) is 33.9 Å². The maximum Gasteiger partial charge on any atom is 0.303 e. The van der Waals surface area contributed by atoms with Crippen LogP contribution in [-0.2, 0) is 49.9 Å². The molecule has 2 aromatic rings. The molecule has 14 heteroatoms. The number of carbonyl (C=O) groups is 4. The maximum atomic E-state index is 12.8. The van der Waals surface area contributed by atoms with E-state index in [2.05, 4.69) is 4.98 Å². The van der Waals surface area contributed by atoms with Gasteiger partial charge in [0.15, 0.2) is 30.2 Å². The van der Waals surface area contributed by atoms with Crippen LogP contribution in [0.3, 0.4) is 0 Å². The lowest BCUT2D eigenvalue weighted by Crippen LogP contribution is -2.60. The molecule has 14 nitrogen and oxygen atoms in total. The van der Waals surface area contributed by atoms with E-state index in [1.54, 1.807) is 0 Å². The van der Waals surface area contributed by atoms with Gasteiger partial charge in [0, 0.05) is 40.9 Å². The van der Waals surface area contributed by atoms with Crippen LogP contribution in [0.15, 0.2) is 17.1 Å². The van der Waals surface area contributed by atoms with E-state index in [0.717, 1.165) is 20.8 Å². The Labute approximate surface area is 205 Å². The molecule has 1 fully saturated rings. The predicted octanol–water partition coefficient (Wildman–Crippen LogP) is -0.000800. The van der Waals surface area contributed by atoms with Crippen molar-refractivity contribution in [2.24, 2.45) is 7.05 Å². The number of methoxy groups -OCH3 is 1. The molecule has 5 atom stereocenters. The van der Waals surface area contributed by atoms with E-state index in [1.165, 1.54) is 42.5 Å². The van der Waals surface area contributed by atoms with E-state index < -0.39 is 60.1 Å². The minimum Gasteiger partial charge on any atom is -0.468 e. The van der Waals surface area contributed by atoms with E-state index >= 15 is 0 Å². The van der Waals surface area contributed by atoms with Gasteiger partial charge in [0.1, 0.15) is 12.7 Å². The zero-order valence-corrected chi connectivity index (χ0v) is 20.6. The van der Waals surface area contributed by atoms with Crippen molar-refractivity contribution in [3.05, 3.63) is 22.6 Å². The fourth-order valence-electron chi connectivity index (χ4n) is 3.97. The second-order valence-electron chi connectivity index (χ2n) is 8.01. The number of ether oxygens (including phenoxy) is 6. The lowest BCUT2D eigenvalue weighted by molar-refractivity contribution is -0.267. The molecule has 0 N–H and O–H groups in total. The summed E-state index contributed by atoms with van der Waals surface area (Å²) in [4.78, 5) is 64.6. The Morgan fingerprint density at radius 2 is 1.53 bits per heavy atom. The van der Waals surface area contributed by atoms with Crippen molar-refractivity contribution in [2.75, 3.05) is 13.7 Å². The third-order valence-electron chi connectivity index (χ3n) is 5.33. The average molecular weight is 509 g/mol. The minimum atomic E-state index is -1.36. The summed E-state index contributed by atoms with van der Waals surface area (Å²) >= 11 is 0. The van der Waals surface area contributed by atoms with Crippen LogP contribution in [0.2, 0.25) is 0 Å². The summed E-state index contributed by atoms with van der Waals surface area (Å²) in [6.07, 6.45) is -4.93. The molecule has 36 heavy (non-hydrogen) atoms. The van der Waals surface area contributed by atoms with Crippen molar-refractivity contribution in [2.45, 2.75) is 58.3 Å². The second kappa shape index (κ2) is 10.8. The van der Waals surface area contributed by atoms with Crippen molar-refractivity contribution in [1.82, 2.24) is 14.1 Å². The molecule has 5 unspecified atom stereocenters. The van der Waals surface area contributed by atoms with Gasteiger partial charge in [-0.15, -0.1) is 0 Å². The number of nitrogens with zero attached hydrogens (tertiary/aromatic N) is 3. The number of carbonyl (C=O) groups excluding carboxylic acids is 4. The van der Waals surface area contributed by atoms with E-state index in [1.807, 2.05) is 0 Å². The van der Waals surface area contributed by atoms with Gasteiger partial charge in [-0.3, -0.25) is 28.5 Å². The summed E-state index contributed by atoms with van der Waals surface area (Å²) in [5, 5.41) is 0.200. The van der Waals surface area contributed by atoms with Crippen LogP contribution in [0.4, 0.5) is 0 Å². The van der Waals surface area contributed by atoms with E-state index in [-0.39, 0.29) is 23.7 Å². The van der Waals surface area contributed by atoms with Crippen molar-refractivity contribution in [1.29, 1.82) is 0 Å². The molecule has 1 aliphatic rings. The molecule has 2 aromatic heterocycles. The number of fused-ring (bicyclic) bond motifs is 1. The van der Waals surface area contributed by atoms with Crippen molar-refractivity contribution < 1.29 is 47.6 Å². The standard InChI is InChI=1S/C22H27N3O11/c1-10(26)32-9-15-16(33-11(2)27)17(34-12(3)28)18(35-13(4)29)21(36-15)25-8-7-14-19(25)23-22(31-6)24(5)20(14)30/h7-8,15-18,21H,9H2,1-6H3. The van der Waals surface area contributed by atoms with Crippen molar-refractivity contribution in [3.63, 3.8) is 0 Å². The smallest absolute Gasteiger partial charge is 0.303 e. The summed E-state index contributed by atoms with van der Waals surface area (Å²) < 4.78 is 35.3. The molecule has 3 rings (SSSR count). The molecule has 0 bridgehead atoms. The number of esters is 4. The number of hydrogen-bond acceptors (Lipinski definition) is 12. The fraction of sp³-hybridized carbons (Fsp3) is 0.545. The van der Waals surface area contributed by atoms with E-state index in [0.29, 0.717) is 0 Å². The van der Waals surface area contributed by atoms with Gasteiger partial charge in [-0.2, -0.15) is 4.98 Å². The lowest BCUT2D eigenvalue weighted by Gasteiger charge is -2.44. The van der Waals surface area contributed by atoms with Crippen LogP contribution in [0.25, 0.3) is 11.0 Å². The quantitative estimate of drug-likeness (QED) is 0.363. The van der Waals surface area contributed by atoms with Crippen LogP contribution in [0.5, 0.6) is 6.01 Å². The lowest BCUT2D eigenvalue weighted by atomic mass is 9.97. The molecule has 196 valence electrons. The number of rotatable bonds is 7. The van der Waals surface area contributed by atoms with Crippen LogP contribution in [-0.4, -0.2) is 76.1 Å². The summed E-state index contributed by atoms with van der Waals surface area (Å²) in [5.74, 6) is -2.88. The van der Waals surface area contributed by atoms with E-state index in [9.17, 15) is 24.0 Å². The normalized spacial score (nSPS) is 23.6. The second-order valence-corrected chi connectivity index (χ2v) is 8.01. The van der Waals surface area contributed by atoms with Gasteiger partial charge in [-0.25, -0.2) is 0 Å². The molecule has 1 saturated heterocycles. The minimum absolute atomic E-state index is 0.00177. The topological polar surface area (TPSA) is 163 Å². The molecule has 1 aliphatic heterocycles. The van der Waals surface area contributed by atoms with Gasteiger partial charge in [0.05, 0.1) is 12.5 Å². The summed E-state index contributed by atoms with van der Waals surface area (Å²) in [7, 11) is 2.83. The first-order chi connectivity index (χ1) is 16.9. The van der Waals surface area contributed by atoms with Crippen LogP contribution in [0, 0.1) is 0 Å². The van der Waals surface area contributed by atoms with Crippen molar-refractivity contribution in [3.8, 4) is 6.01 Å². The van der Waals surface area contributed by atoms with Gasteiger partial charge in [-0.05, 0) is 6.07 Å². The molecule has 0 aromatic carbocycles. The highest BCUT2D eigenvalue weighted by Gasteiger charge is 2.53. The maximum absolute atomic E-state index is 12.8. The molecule has 0 spiro atoms. The fourth-order valence-corrected chi connectivity index (χ4v) is 3.97. The summed E-state index contributed by atoms with van der Waals surface area (Å²) in [6.45, 7) is 4.19. The Hall–Kier alpha value is -3.94. The predicted molar refractivity (Wildman–Crippen MR) is 119 cm³/mol. The summed E-state index contributed by atoms with van der Waals surface area (Å²) in [6, 6.07) is 1.48. The largest absolute Gasteiger partial charge is 0.468 e. The highest BCUT2D eigenvalue weighted by molar-refractivity contribution is 5.76. The first-order valence-corrected chi connectivity index (χ1v) is 10.9. The van der Waals surface area contributed by atoms with Gasteiger partial charge in [-0.1, -0.05) is 0 Å². The number of hydrogen-bond donors (Lipinski definition) is 0. The van der Waals surface area contributed by atoms with Crippen LogP contribution >= 0.6 is 0 Å². The molecular formula is C22H27N3O11. The zero-order chi connectivity index (χ0) is 26.7. The van der Waals surface area contributed by atoms with Crippen LogP contribution < -0.4 is 10.3 Å². The molecule has 3 heterocycles. The monoisotopic (exact) mass is 509 g/mol. The van der Waals surface area contributed by atoms with Gasteiger partial charge < -0.3 is 33.0 Å². The Morgan fingerprint density at radius 3 is 2.08 bits per heavy atom. The molecule has 0 radical (unpaired) electrons. The molecule has 0 aliphatic carbocycles. The SMILES string of the molecule is COc1nc2c(ccn2C2OC(COC(C)=O)C(OC(C)=O)C(OC(C)=O)C2OC(C)=O)c(=O)n1C. The van der Waals surface area contributed by atoms with Crippen molar-refractivity contribution >= 4 is 34.9 Å². The first-order valence-electron chi connectivity index (χ1n) is 10.9.